The third-order valence-corrected chi connectivity index (χ3v) is 4.01. The van der Waals surface area contributed by atoms with Crippen LogP contribution in [-0.2, 0) is 13.2 Å². The summed E-state index contributed by atoms with van der Waals surface area (Å²) in [5.74, 6) is 0.943. The summed E-state index contributed by atoms with van der Waals surface area (Å²) in [5.41, 5.74) is 3.41. The Balaban J connectivity index is 1.66. The molecule has 4 heteroatoms. The summed E-state index contributed by atoms with van der Waals surface area (Å²) in [6, 6.07) is 11.0. The monoisotopic (exact) mass is 346 g/mol. The topological polar surface area (TPSA) is 34.1 Å². The van der Waals surface area contributed by atoms with Crippen molar-refractivity contribution in [3.63, 3.8) is 0 Å². The van der Waals surface area contributed by atoms with Gasteiger partial charge in [0.2, 0.25) is 0 Å². The highest BCUT2D eigenvalue weighted by Crippen LogP contribution is 2.24. The molecule has 0 aliphatic heterocycles. The first-order chi connectivity index (χ1) is 10.2. The Kier molecular flexibility index (Phi) is 4.56. The van der Waals surface area contributed by atoms with Crippen LogP contribution < -0.4 is 10.1 Å². The molecule has 2 aromatic rings. The summed E-state index contributed by atoms with van der Waals surface area (Å²) in [6.07, 6.45) is 4.39. The number of halogens is 1. The first-order valence-electron chi connectivity index (χ1n) is 7.27. The molecular formula is C17H19BrN2O. The Hall–Kier alpha value is -1.39. The number of aryl methyl sites for hydroxylation is 1. The van der Waals surface area contributed by atoms with Crippen LogP contribution in [0.1, 0.15) is 29.7 Å². The van der Waals surface area contributed by atoms with Crippen molar-refractivity contribution in [2.24, 2.45) is 0 Å². The predicted molar refractivity (Wildman–Crippen MR) is 87.3 cm³/mol. The lowest BCUT2D eigenvalue weighted by Crippen LogP contribution is -2.16. The number of benzene rings is 1. The van der Waals surface area contributed by atoms with Crippen LogP contribution >= 0.6 is 15.9 Å². The standard InChI is InChI=1S/C17H19BrN2O/c1-12-2-7-17(13(8-12)9-19-15-5-6-15)21-11-16-4-3-14(18)10-20-16/h2-4,7-8,10,15,19H,5-6,9,11H2,1H3. The molecule has 1 N–H and O–H groups in total. The highest BCUT2D eigenvalue weighted by molar-refractivity contribution is 9.10. The number of rotatable bonds is 6. The van der Waals surface area contributed by atoms with Gasteiger partial charge in [0.15, 0.2) is 0 Å². The van der Waals surface area contributed by atoms with Crippen LogP contribution in [-0.4, -0.2) is 11.0 Å². The maximum Gasteiger partial charge on any atom is 0.130 e. The Morgan fingerprint density at radius 3 is 2.86 bits per heavy atom. The molecule has 3 rings (SSSR count). The molecule has 0 bridgehead atoms. The molecular weight excluding hydrogens is 328 g/mol. The van der Waals surface area contributed by atoms with Gasteiger partial charge >= 0.3 is 0 Å². The summed E-state index contributed by atoms with van der Waals surface area (Å²) >= 11 is 3.39. The van der Waals surface area contributed by atoms with Crippen LogP contribution in [0.4, 0.5) is 0 Å². The largest absolute Gasteiger partial charge is 0.487 e. The quantitative estimate of drug-likeness (QED) is 0.858. The molecule has 1 fully saturated rings. The van der Waals surface area contributed by atoms with Gasteiger partial charge in [-0.1, -0.05) is 17.7 Å². The van der Waals surface area contributed by atoms with Gasteiger partial charge in [0.05, 0.1) is 5.69 Å². The van der Waals surface area contributed by atoms with E-state index < -0.39 is 0 Å². The average Bonchev–Trinajstić information content (AvgIpc) is 3.30. The molecule has 0 saturated heterocycles. The maximum absolute atomic E-state index is 5.95. The fourth-order valence-corrected chi connectivity index (χ4v) is 2.41. The summed E-state index contributed by atoms with van der Waals surface area (Å²) in [7, 11) is 0. The van der Waals surface area contributed by atoms with Crippen molar-refractivity contribution in [3.05, 3.63) is 57.8 Å². The number of pyridine rings is 1. The molecule has 0 spiro atoms. The van der Waals surface area contributed by atoms with Gasteiger partial charge < -0.3 is 10.1 Å². The first kappa shape index (κ1) is 14.5. The van der Waals surface area contributed by atoms with E-state index in [-0.39, 0.29) is 0 Å². The molecule has 1 aromatic heterocycles. The predicted octanol–water partition coefficient (Wildman–Crippen LogP) is 3.98. The van der Waals surface area contributed by atoms with E-state index in [2.05, 4.69) is 51.4 Å². The van der Waals surface area contributed by atoms with Crippen molar-refractivity contribution in [3.8, 4) is 5.75 Å². The SMILES string of the molecule is Cc1ccc(OCc2ccc(Br)cn2)c(CNC2CC2)c1. The zero-order valence-electron chi connectivity index (χ0n) is 12.1. The molecule has 0 amide bonds. The number of hydrogen-bond donors (Lipinski definition) is 1. The van der Waals surface area contributed by atoms with Crippen LogP contribution in [0.3, 0.4) is 0 Å². The Bertz CT molecular complexity index is 609. The van der Waals surface area contributed by atoms with Crippen molar-refractivity contribution >= 4 is 15.9 Å². The minimum absolute atomic E-state index is 0.493. The summed E-state index contributed by atoms with van der Waals surface area (Å²) in [5, 5.41) is 3.54. The zero-order chi connectivity index (χ0) is 14.7. The van der Waals surface area contributed by atoms with Gasteiger partial charge in [-0.05, 0) is 53.9 Å². The van der Waals surface area contributed by atoms with Gasteiger partial charge in [-0.2, -0.15) is 0 Å². The van der Waals surface area contributed by atoms with E-state index in [4.69, 9.17) is 4.74 Å². The van der Waals surface area contributed by atoms with Gasteiger partial charge in [0, 0.05) is 28.8 Å². The molecule has 1 aromatic carbocycles. The second-order valence-corrected chi connectivity index (χ2v) is 6.44. The van der Waals surface area contributed by atoms with Gasteiger partial charge in [0.1, 0.15) is 12.4 Å². The number of nitrogens with one attached hydrogen (secondary N) is 1. The molecule has 1 saturated carbocycles. The Morgan fingerprint density at radius 1 is 1.29 bits per heavy atom. The second-order valence-electron chi connectivity index (χ2n) is 5.52. The van der Waals surface area contributed by atoms with Crippen molar-refractivity contribution in [2.45, 2.75) is 39.0 Å². The zero-order valence-corrected chi connectivity index (χ0v) is 13.7. The summed E-state index contributed by atoms with van der Waals surface area (Å²) < 4.78 is 6.94. The second kappa shape index (κ2) is 6.58. The number of hydrogen-bond acceptors (Lipinski definition) is 3. The van der Waals surface area contributed by atoms with Crippen LogP contribution in [0.2, 0.25) is 0 Å². The molecule has 0 unspecified atom stereocenters. The lowest BCUT2D eigenvalue weighted by Gasteiger charge is -2.13. The lowest BCUT2D eigenvalue weighted by molar-refractivity contribution is 0.297. The van der Waals surface area contributed by atoms with Gasteiger partial charge in [-0.25, -0.2) is 0 Å². The summed E-state index contributed by atoms with van der Waals surface area (Å²) in [6.45, 7) is 3.48. The fourth-order valence-electron chi connectivity index (χ4n) is 2.17. The highest BCUT2D eigenvalue weighted by Gasteiger charge is 2.20. The first-order valence-corrected chi connectivity index (χ1v) is 8.06. The van der Waals surface area contributed by atoms with Crippen molar-refractivity contribution in [2.75, 3.05) is 0 Å². The van der Waals surface area contributed by atoms with Gasteiger partial charge in [0.25, 0.3) is 0 Å². The third-order valence-electron chi connectivity index (χ3n) is 3.54. The smallest absolute Gasteiger partial charge is 0.130 e. The van der Waals surface area contributed by atoms with E-state index in [1.165, 1.54) is 24.0 Å². The molecule has 21 heavy (non-hydrogen) atoms. The average molecular weight is 347 g/mol. The lowest BCUT2D eigenvalue weighted by atomic mass is 10.1. The van der Waals surface area contributed by atoms with Crippen LogP contribution in [0, 0.1) is 6.92 Å². The van der Waals surface area contributed by atoms with E-state index in [9.17, 15) is 0 Å². The normalized spacial score (nSPS) is 14.2. The highest BCUT2D eigenvalue weighted by atomic mass is 79.9. The maximum atomic E-state index is 5.95. The molecule has 110 valence electrons. The Labute approximate surface area is 133 Å². The van der Waals surface area contributed by atoms with Crippen molar-refractivity contribution < 1.29 is 4.74 Å². The minimum Gasteiger partial charge on any atom is -0.487 e. The van der Waals surface area contributed by atoms with Crippen LogP contribution in [0.15, 0.2) is 41.0 Å². The fraction of sp³-hybridized carbons (Fsp3) is 0.353. The van der Waals surface area contributed by atoms with Crippen molar-refractivity contribution in [1.29, 1.82) is 0 Å². The summed E-state index contributed by atoms with van der Waals surface area (Å²) in [4.78, 5) is 4.34. The minimum atomic E-state index is 0.493. The molecule has 1 heterocycles. The van der Waals surface area contributed by atoms with E-state index in [0.717, 1.165) is 22.5 Å². The van der Waals surface area contributed by atoms with E-state index in [1.54, 1.807) is 6.20 Å². The molecule has 3 nitrogen and oxygen atoms in total. The molecule has 0 radical (unpaired) electrons. The van der Waals surface area contributed by atoms with Crippen LogP contribution in [0.25, 0.3) is 0 Å². The van der Waals surface area contributed by atoms with E-state index in [1.807, 2.05) is 12.1 Å². The van der Waals surface area contributed by atoms with Gasteiger partial charge in [-0.15, -0.1) is 0 Å². The van der Waals surface area contributed by atoms with Gasteiger partial charge in [-0.3, -0.25) is 4.98 Å². The molecule has 1 aliphatic rings. The van der Waals surface area contributed by atoms with E-state index >= 15 is 0 Å². The number of aromatic nitrogens is 1. The van der Waals surface area contributed by atoms with Crippen LogP contribution in [0.5, 0.6) is 5.75 Å². The number of nitrogens with zero attached hydrogens (tertiary/aromatic N) is 1. The third kappa shape index (κ3) is 4.29. The Morgan fingerprint density at radius 2 is 2.14 bits per heavy atom. The molecule has 1 aliphatic carbocycles. The molecule has 0 atom stereocenters. The number of ether oxygens (including phenoxy) is 1. The van der Waals surface area contributed by atoms with Crippen molar-refractivity contribution in [1.82, 2.24) is 10.3 Å². The van der Waals surface area contributed by atoms with E-state index in [0.29, 0.717) is 12.6 Å².